The minimum absolute atomic E-state index is 0.177. The number of carboxylic acids is 1. The molecule has 0 unspecified atom stereocenters. The van der Waals surface area contributed by atoms with Crippen molar-refractivity contribution in [2.45, 2.75) is 6.42 Å². The molecular weight excluding hydrogens is 383 g/mol. The molecule has 0 heterocycles. The fourth-order valence-corrected chi connectivity index (χ4v) is 2.27. The Bertz CT molecular complexity index is 613. The summed E-state index contributed by atoms with van der Waals surface area (Å²) in [5, 5.41) is 9.04. The van der Waals surface area contributed by atoms with E-state index in [0.717, 1.165) is 9.32 Å². The molecule has 0 aromatic heterocycles. The summed E-state index contributed by atoms with van der Waals surface area (Å²) in [5.74, 6) is 0.229. The minimum atomic E-state index is -0.985. The van der Waals surface area contributed by atoms with E-state index in [4.69, 9.17) is 14.6 Å². The SMILES string of the molecule is O=C(O)c1ccccc1OCCCOc1cccc(I)c1. The number of hydrogen-bond acceptors (Lipinski definition) is 3. The zero-order valence-corrected chi connectivity index (χ0v) is 13.4. The number of benzene rings is 2. The van der Waals surface area contributed by atoms with Crippen LogP contribution >= 0.6 is 22.6 Å². The monoisotopic (exact) mass is 398 g/mol. The highest BCUT2D eigenvalue weighted by molar-refractivity contribution is 14.1. The Hall–Kier alpha value is -1.76. The first kappa shape index (κ1) is 15.6. The molecule has 2 rings (SSSR count). The standard InChI is InChI=1S/C16H15IO4/c17-12-5-3-6-13(11-12)20-9-4-10-21-15-8-2-1-7-14(15)16(18)19/h1-3,5-8,11H,4,9-10H2,(H,18,19). The highest BCUT2D eigenvalue weighted by atomic mass is 127. The van der Waals surface area contributed by atoms with Gasteiger partial charge in [-0.15, -0.1) is 0 Å². The van der Waals surface area contributed by atoms with Crippen LogP contribution in [0.4, 0.5) is 0 Å². The first-order valence-corrected chi connectivity index (χ1v) is 7.58. The van der Waals surface area contributed by atoms with E-state index in [-0.39, 0.29) is 5.56 Å². The summed E-state index contributed by atoms with van der Waals surface area (Å²) in [6.45, 7) is 0.934. The van der Waals surface area contributed by atoms with Gasteiger partial charge in [0.2, 0.25) is 0 Å². The second kappa shape index (κ2) is 7.87. The van der Waals surface area contributed by atoms with Gasteiger partial charge < -0.3 is 14.6 Å². The molecule has 0 spiro atoms. The van der Waals surface area contributed by atoms with E-state index in [0.29, 0.717) is 25.4 Å². The van der Waals surface area contributed by atoms with Crippen molar-refractivity contribution < 1.29 is 19.4 Å². The molecule has 0 aliphatic rings. The average Bonchev–Trinajstić information content (AvgIpc) is 2.47. The number of carboxylic acid groups (broad SMARTS) is 1. The lowest BCUT2D eigenvalue weighted by Crippen LogP contribution is -2.07. The largest absolute Gasteiger partial charge is 0.493 e. The molecule has 0 radical (unpaired) electrons. The molecule has 1 N–H and O–H groups in total. The molecule has 0 aliphatic heterocycles. The Kier molecular flexibility index (Phi) is 5.86. The number of para-hydroxylation sites is 1. The van der Waals surface area contributed by atoms with Gasteiger partial charge in [0.15, 0.2) is 0 Å². The molecule has 110 valence electrons. The minimum Gasteiger partial charge on any atom is -0.493 e. The summed E-state index contributed by atoms with van der Waals surface area (Å²) >= 11 is 2.23. The van der Waals surface area contributed by atoms with E-state index < -0.39 is 5.97 Å². The van der Waals surface area contributed by atoms with Crippen molar-refractivity contribution in [3.63, 3.8) is 0 Å². The topological polar surface area (TPSA) is 55.8 Å². The van der Waals surface area contributed by atoms with Gasteiger partial charge in [-0.2, -0.15) is 0 Å². The molecule has 2 aromatic rings. The maximum absolute atomic E-state index is 11.0. The zero-order chi connectivity index (χ0) is 15.1. The van der Waals surface area contributed by atoms with E-state index in [1.165, 1.54) is 6.07 Å². The molecular formula is C16H15IO4. The van der Waals surface area contributed by atoms with Gasteiger partial charge in [-0.05, 0) is 52.9 Å². The van der Waals surface area contributed by atoms with E-state index in [2.05, 4.69) is 22.6 Å². The third-order valence-corrected chi connectivity index (χ3v) is 3.40. The van der Waals surface area contributed by atoms with Crippen LogP contribution in [0.5, 0.6) is 11.5 Å². The fraction of sp³-hybridized carbons (Fsp3) is 0.188. The summed E-state index contributed by atoms with van der Waals surface area (Å²) in [6, 6.07) is 14.4. The Balaban J connectivity index is 1.76. The number of aromatic carboxylic acids is 1. The zero-order valence-electron chi connectivity index (χ0n) is 11.3. The van der Waals surface area contributed by atoms with Gasteiger partial charge in [0.25, 0.3) is 0 Å². The first-order valence-electron chi connectivity index (χ1n) is 6.50. The summed E-state index contributed by atoms with van der Waals surface area (Å²) in [7, 11) is 0. The van der Waals surface area contributed by atoms with Crippen LogP contribution in [0.15, 0.2) is 48.5 Å². The maximum atomic E-state index is 11.0. The van der Waals surface area contributed by atoms with E-state index in [1.54, 1.807) is 18.2 Å². The third-order valence-electron chi connectivity index (χ3n) is 2.73. The van der Waals surface area contributed by atoms with Gasteiger partial charge in [-0.3, -0.25) is 0 Å². The molecule has 0 aliphatic carbocycles. The smallest absolute Gasteiger partial charge is 0.339 e. The van der Waals surface area contributed by atoms with Gasteiger partial charge in [0.1, 0.15) is 17.1 Å². The van der Waals surface area contributed by atoms with Crippen LogP contribution in [-0.4, -0.2) is 24.3 Å². The summed E-state index contributed by atoms with van der Waals surface area (Å²) < 4.78 is 12.2. The molecule has 0 atom stereocenters. The van der Waals surface area contributed by atoms with E-state index in [1.807, 2.05) is 24.3 Å². The Morgan fingerprint density at radius 1 is 1.05 bits per heavy atom. The molecule has 0 saturated heterocycles. The van der Waals surface area contributed by atoms with Crippen LogP contribution in [0.25, 0.3) is 0 Å². The fourth-order valence-electron chi connectivity index (χ4n) is 1.76. The van der Waals surface area contributed by atoms with Gasteiger partial charge in [-0.25, -0.2) is 4.79 Å². The van der Waals surface area contributed by atoms with Crippen molar-refractivity contribution in [3.05, 3.63) is 57.7 Å². The molecule has 0 bridgehead atoms. The van der Waals surface area contributed by atoms with E-state index >= 15 is 0 Å². The number of ether oxygens (including phenoxy) is 2. The van der Waals surface area contributed by atoms with Gasteiger partial charge in [0.05, 0.1) is 13.2 Å². The van der Waals surface area contributed by atoms with Crippen molar-refractivity contribution in [2.75, 3.05) is 13.2 Å². The molecule has 0 saturated carbocycles. The highest BCUT2D eigenvalue weighted by Gasteiger charge is 2.09. The van der Waals surface area contributed by atoms with Crippen LogP contribution < -0.4 is 9.47 Å². The van der Waals surface area contributed by atoms with Crippen LogP contribution in [-0.2, 0) is 0 Å². The normalized spacial score (nSPS) is 10.1. The van der Waals surface area contributed by atoms with Gasteiger partial charge >= 0.3 is 5.97 Å². The molecule has 5 heteroatoms. The quantitative estimate of drug-likeness (QED) is 0.569. The summed E-state index contributed by atoms with van der Waals surface area (Å²) in [6.07, 6.45) is 0.680. The van der Waals surface area contributed by atoms with Crippen molar-refractivity contribution in [1.82, 2.24) is 0 Å². The van der Waals surface area contributed by atoms with Crippen molar-refractivity contribution in [1.29, 1.82) is 0 Å². The predicted molar refractivity (Wildman–Crippen MR) is 88.2 cm³/mol. The van der Waals surface area contributed by atoms with Crippen molar-refractivity contribution >= 4 is 28.6 Å². The number of rotatable bonds is 7. The molecule has 2 aromatic carbocycles. The van der Waals surface area contributed by atoms with Crippen LogP contribution in [0.3, 0.4) is 0 Å². The maximum Gasteiger partial charge on any atom is 0.339 e. The first-order chi connectivity index (χ1) is 10.2. The number of carbonyl (C=O) groups is 1. The molecule has 0 amide bonds. The molecule has 4 nitrogen and oxygen atoms in total. The van der Waals surface area contributed by atoms with Crippen LogP contribution in [0.1, 0.15) is 16.8 Å². The lowest BCUT2D eigenvalue weighted by Gasteiger charge is -2.10. The number of halogens is 1. The Labute approximate surface area is 136 Å². The van der Waals surface area contributed by atoms with Gasteiger partial charge in [0, 0.05) is 9.99 Å². The van der Waals surface area contributed by atoms with Crippen LogP contribution in [0, 0.1) is 3.57 Å². The molecule has 0 fully saturated rings. The predicted octanol–water partition coefficient (Wildman–Crippen LogP) is 3.84. The highest BCUT2D eigenvalue weighted by Crippen LogP contribution is 2.18. The Morgan fingerprint density at radius 3 is 2.57 bits per heavy atom. The summed E-state index contributed by atoms with van der Waals surface area (Å²) in [5.41, 5.74) is 0.177. The molecule has 21 heavy (non-hydrogen) atoms. The van der Waals surface area contributed by atoms with E-state index in [9.17, 15) is 4.79 Å². The second-order valence-electron chi connectivity index (χ2n) is 4.31. The van der Waals surface area contributed by atoms with Crippen molar-refractivity contribution in [3.8, 4) is 11.5 Å². The van der Waals surface area contributed by atoms with Gasteiger partial charge in [-0.1, -0.05) is 18.2 Å². The third kappa shape index (κ3) is 4.93. The van der Waals surface area contributed by atoms with Crippen LogP contribution in [0.2, 0.25) is 0 Å². The number of hydrogen-bond donors (Lipinski definition) is 1. The summed E-state index contributed by atoms with van der Waals surface area (Å²) in [4.78, 5) is 11.0. The Morgan fingerprint density at radius 2 is 1.81 bits per heavy atom. The average molecular weight is 398 g/mol. The van der Waals surface area contributed by atoms with Crippen molar-refractivity contribution in [2.24, 2.45) is 0 Å². The second-order valence-corrected chi connectivity index (χ2v) is 5.55. The lowest BCUT2D eigenvalue weighted by molar-refractivity contribution is 0.0692. The lowest BCUT2D eigenvalue weighted by atomic mass is 10.2.